The van der Waals surface area contributed by atoms with Gasteiger partial charge in [-0.1, -0.05) is 6.42 Å². The number of carbonyl (C=O) groups is 1. The second kappa shape index (κ2) is 7.91. The highest BCUT2D eigenvalue weighted by Gasteiger charge is 2.52. The van der Waals surface area contributed by atoms with E-state index in [4.69, 9.17) is 0 Å². The molecule has 1 spiro atoms. The molecule has 176 valence electrons. The maximum absolute atomic E-state index is 14.3. The standard InChI is InChI=1S/C26H27F2N5O/c1-32-9-5-19(6-10-32)30-22-12-16(11-20-24(22)31-25(34)26(20)7-2-8-26)17-14-29-33(15-17)23-4-3-18(27)13-21(23)28/h3-4,11-15,19,30H,2,5-10H2,1H3,(H,31,34). The van der Waals surface area contributed by atoms with E-state index in [0.717, 1.165) is 79.3 Å². The Bertz CT molecular complexity index is 1270. The lowest BCUT2D eigenvalue weighted by Crippen LogP contribution is -2.40. The van der Waals surface area contributed by atoms with Gasteiger partial charge in [-0.05, 0) is 81.2 Å². The van der Waals surface area contributed by atoms with Crippen molar-refractivity contribution in [3.8, 4) is 16.8 Å². The summed E-state index contributed by atoms with van der Waals surface area (Å²) in [7, 11) is 2.14. The van der Waals surface area contributed by atoms with Crippen LogP contribution >= 0.6 is 0 Å². The molecule has 2 aliphatic heterocycles. The molecule has 1 aromatic heterocycles. The van der Waals surface area contributed by atoms with Crippen LogP contribution in [0.25, 0.3) is 16.8 Å². The zero-order valence-electron chi connectivity index (χ0n) is 19.1. The average molecular weight is 464 g/mol. The van der Waals surface area contributed by atoms with E-state index < -0.39 is 17.0 Å². The number of hydrogen-bond acceptors (Lipinski definition) is 4. The van der Waals surface area contributed by atoms with Gasteiger partial charge in [-0.3, -0.25) is 4.79 Å². The second-order valence-electron chi connectivity index (χ2n) is 9.83. The van der Waals surface area contributed by atoms with Crippen LogP contribution in [0.1, 0.15) is 37.7 Å². The van der Waals surface area contributed by atoms with Crippen LogP contribution in [0, 0.1) is 11.6 Å². The highest BCUT2D eigenvalue weighted by atomic mass is 19.1. The summed E-state index contributed by atoms with van der Waals surface area (Å²) in [5.41, 5.74) is 4.33. The van der Waals surface area contributed by atoms with Crippen LogP contribution in [-0.4, -0.2) is 46.8 Å². The first kappa shape index (κ1) is 21.3. The van der Waals surface area contributed by atoms with Gasteiger partial charge in [0.05, 0.1) is 23.0 Å². The van der Waals surface area contributed by atoms with Crippen molar-refractivity contribution in [1.29, 1.82) is 0 Å². The molecule has 6 rings (SSSR count). The number of amides is 1. The molecular weight excluding hydrogens is 436 g/mol. The molecule has 1 amide bonds. The summed E-state index contributed by atoms with van der Waals surface area (Å²) >= 11 is 0. The molecule has 2 aromatic carbocycles. The Morgan fingerprint density at radius 1 is 1.12 bits per heavy atom. The molecule has 0 unspecified atom stereocenters. The number of fused-ring (bicyclic) bond motifs is 2. The summed E-state index contributed by atoms with van der Waals surface area (Å²) in [5.74, 6) is -1.21. The average Bonchev–Trinajstić information content (AvgIpc) is 3.37. The van der Waals surface area contributed by atoms with Crippen molar-refractivity contribution in [3.05, 3.63) is 59.9 Å². The quantitative estimate of drug-likeness (QED) is 0.589. The van der Waals surface area contributed by atoms with E-state index >= 15 is 0 Å². The summed E-state index contributed by atoms with van der Waals surface area (Å²) in [4.78, 5) is 15.3. The highest BCUT2D eigenvalue weighted by Crippen LogP contribution is 2.54. The van der Waals surface area contributed by atoms with Crippen molar-refractivity contribution in [1.82, 2.24) is 14.7 Å². The highest BCUT2D eigenvalue weighted by molar-refractivity contribution is 6.10. The van der Waals surface area contributed by atoms with Crippen molar-refractivity contribution in [2.75, 3.05) is 30.8 Å². The van der Waals surface area contributed by atoms with Crippen molar-refractivity contribution < 1.29 is 13.6 Å². The van der Waals surface area contributed by atoms with E-state index in [1.165, 1.54) is 16.8 Å². The maximum atomic E-state index is 14.3. The third-order valence-corrected chi connectivity index (χ3v) is 7.68. The van der Waals surface area contributed by atoms with Crippen LogP contribution in [0.15, 0.2) is 42.7 Å². The Hall–Kier alpha value is -3.26. The summed E-state index contributed by atoms with van der Waals surface area (Å²) in [5, 5.41) is 11.2. The van der Waals surface area contributed by atoms with Gasteiger partial charge >= 0.3 is 0 Å². The van der Waals surface area contributed by atoms with Crippen molar-refractivity contribution in [2.24, 2.45) is 0 Å². The van der Waals surface area contributed by atoms with Gasteiger partial charge in [0.2, 0.25) is 5.91 Å². The molecule has 0 bridgehead atoms. The van der Waals surface area contributed by atoms with Crippen LogP contribution in [0.3, 0.4) is 0 Å². The van der Waals surface area contributed by atoms with Crippen LogP contribution in [0.4, 0.5) is 20.2 Å². The lowest BCUT2D eigenvalue weighted by atomic mass is 9.65. The monoisotopic (exact) mass is 463 g/mol. The first-order valence-corrected chi connectivity index (χ1v) is 11.9. The number of nitrogens with one attached hydrogen (secondary N) is 2. The number of anilines is 2. The number of carbonyl (C=O) groups excluding carboxylic acids is 1. The van der Waals surface area contributed by atoms with Gasteiger partial charge in [0.15, 0.2) is 5.82 Å². The van der Waals surface area contributed by atoms with Crippen LogP contribution in [0.5, 0.6) is 0 Å². The molecule has 2 fully saturated rings. The minimum Gasteiger partial charge on any atom is -0.381 e. The molecule has 0 radical (unpaired) electrons. The van der Waals surface area contributed by atoms with Gasteiger partial charge in [-0.2, -0.15) is 5.10 Å². The van der Waals surface area contributed by atoms with E-state index in [9.17, 15) is 13.6 Å². The summed E-state index contributed by atoms with van der Waals surface area (Å²) in [6.45, 7) is 2.07. The number of benzene rings is 2. The Morgan fingerprint density at radius 3 is 2.62 bits per heavy atom. The number of aromatic nitrogens is 2. The molecule has 1 saturated heterocycles. The van der Waals surface area contributed by atoms with Gasteiger partial charge in [0.25, 0.3) is 0 Å². The fourth-order valence-electron chi connectivity index (χ4n) is 5.46. The number of likely N-dealkylation sites (tertiary alicyclic amines) is 1. The Kier molecular flexibility index (Phi) is 4.95. The number of rotatable bonds is 4. The first-order chi connectivity index (χ1) is 16.4. The first-order valence-electron chi connectivity index (χ1n) is 11.9. The van der Waals surface area contributed by atoms with E-state index in [1.807, 2.05) is 0 Å². The zero-order valence-corrected chi connectivity index (χ0v) is 19.1. The van der Waals surface area contributed by atoms with E-state index in [-0.39, 0.29) is 11.6 Å². The van der Waals surface area contributed by atoms with Crippen LogP contribution in [-0.2, 0) is 10.2 Å². The van der Waals surface area contributed by atoms with Crippen LogP contribution < -0.4 is 10.6 Å². The van der Waals surface area contributed by atoms with Crippen molar-refractivity contribution in [2.45, 2.75) is 43.6 Å². The molecule has 1 aliphatic carbocycles. The molecule has 3 aliphatic rings. The molecule has 2 N–H and O–H groups in total. The number of hydrogen-bond donors (Lipinski definition) is 2. The number of halogens is 2. The van der Waals surface area contributed by atoms with Gasteiger partial charge in [0.1, 0.15) is 11.5 Å². The van der Waals surface area contributed by atoms with Gasteiger partial charge in [-0.15, -0.1) is 0 Å². The minimum atomic E-state index is -0.670. The SMILES string of the molecule is CN1CCC(Nc2cc(-c3cnn(-c4ccc(F)cc4F)c3)cc3c2NC(=O)C32CCC2)CC1. The molecule has 0 atom stereocenters. The summed E-state index contributed by atoms with van der Waals surface area (Å²) in [6.07, 6.45) is 8.24. The molecular formula is C26H27F2N5O. The Balaban J connectivity index is 1.40. The summed E-state index contributed by atoms with van der Waals surface area (Å²) in [6, 6.07) is 7.92. The topological polar surface area (TPSA) is 62.2 Å². The largest absolute Gasteiger partial charge is 0.381 e. The third-order valence-electron chi connectivity index (χ3n) is 7.68. The molecule has 3 aromatic rings. The van der Waals surface area contributed by atoms with Gasteiger partial charge in [-0.25, -0.2) is 13.5 Å². The maximum Gasteiger partial charge on any atom is 0.235 e. The zero-order chi connectivity index (χ0) is 23.4. The molecule has 6 nitrogen and oxygen atoms in total. The van der Waals surface area contributed by atoms with Crippen LogP contribution in [0.2, 0.25) is 0 Å². The predicted molar refractivity (Wildman–Crippen MR) is 127 cm³/mol. The molecule has 3 heterocycles. The predicted octanol–water partition coefficient (Wildman–Crippen LogP) is 4.70. The number of nitrogens with zero attached hydrogens (tertiary/aromatic N) is 3. The minimum absolute atomic E-state index is 0.0846. The van der Waals surface area contributed by atoms with Gasteiger partial charge < -0.3 is 15.5 Å². The lowest BCUT2D eigenvalue weighted by Gasteiger charge is -2.36. The fourth-order valence-corrected chi connectivity index (χ4v) is 5.46. The molecule has 1 saturated carbocycles. The van der Waals surface area contributed by atoms with E-state index in [2.05, 4.69) is 39.8 Å². The Morgan fingerprint density at radius 2 is 1.91 bits per heavy atom. The normalized spacial score (nSPS) is 19.7. The number of piperidine rings is 1. The third kappa shape index (κ3) is 3.39. The lowest BCUT2D eigenvalue weighted by molar-refractivity contribution is -0.123. The van der Waals surface area contributed by atoms with Crippen molar-refractivity contribution in [3.63, 3.8) is 0 Å². The van der Waals surface area contributed by atoms with Gasteiger partial charge in [0, 0.05) is 23.9 Å². The second-order valence-corrected chi connectivity index (χ2v) is 9.83. The smallest absolute Gasteiger partial charge is 0.235 e. The van der Waals surface area contributed by atoms with E-state index in [0.29, 0.717) is 6.04 Å². The molecule has 8 heteroatoms. The Labute approximate surface area is 197 Å². The van der Waals surface area contributed by atoms with Crippen molar-refractivity contribution >= 4 is 17.3 Å². The molecule has 34 heavy (non-hydrogen) atoms. The summed E-state index contributed by atoms with van der Waals surface area (Å²) < 4.78 is 29.1. The fraction of sp³-hybridized carbons (Fsp3) is 0.385. The van der Waals surface area contributed by atoms with E-state index in [1.54, 1.807) is 12.4 Å².